The van der Waals surface area contributed by atoms with Crippen LogP contribution in [-0.2, 0) is 0 Å². The van der Waals surface area contributed by atoms with Gasteiger partial charge in [-0.25, -0.2) is 4.98 Å². The number of aromatic nitrogens is 2. The first-order valence-electron chi connectivity index (χ1n) is 4.61. The summed E-state index contributed by atoms with van der Waals surface area (Å²) in [4.78, 5) is 8.58. The molecule has 3 N–H and O–H groups in total. The minimum Gasteiger partial charge on any atom is -0.398 e. The van der Waals surface area contributed by atoms with Gasteiger partial charge in [-0.1, -0.05) is 0 Å². The Bertz CT molecular complexity index is 609. The van der Waals surface area contributed by atoms with Crippen LogP contribution >= 0.6 is 11.3 Å². The number of nitrogens with two attached hydrogens (primary N) is 1. The molecule has 0 fully saturated rings. The van der Waals surface area contributed by atoms with E-state index in [0.717, 1.165) is 16.7 Å². The van der Waals surface area contributed by atoms with E-state index in [4.69, 9.17) is 5.73 Å². The molecule has 3 nitrogen and oxygen atoms in total. The van der Waals surface area contributed by atoms with Crippen molar-refractivity contribution in [2.24, 2.45) is 0 Å². The number of rotatable bonds is 1. The van der Waals surface area contributed by atoms with Crippen LogP contribution in [0.3, 0.4) is 0 Å². The molecular formula is C11H9N3S. The molecule has 0 bridgehead atoms. The molecule has 0 saturated heterocycles. The molecule has 0 spiro atoms. The standard InChI is InChI=1S/C11H9N3S/c12-7-4-10(15-6-7)9-5-14-11-8(9)2-1-3-13-11/h1-6H,12H2,(H,13,14). The molecule has 0 aliphatic carbocycles. The number of pyridine rings is 1. The van der Waals surface area contributed by atoms with Gasteiger partial charge in [0.2, 0.25) is 0 Å². The Morgan fingerprint density at radius 3 is 3.13 bits per heavy atom. The Hall–Kier alpha value is -1.81. The highest BCUT2D eigenvalue weighted by molar-refractivity contribution is 7.14. The van der Waals surface area contributed by atoms with Crippen LogP contribution in [0.25, 0.3) is 21.5 Å². The van der Waals surface area contributed by atoms with Crippen LogP contribution in [-0.4, -0.2) is 9.97 Å². The minimum atomic E-state index is 0.813. The number of hydrogen-bond acceptors (Lipinski definition) is 3. The lowest BCUT2D eigenvalue weighted by Crippen LogP contribution is -1.76. The van der Waals surface area contributed by atoms with E-state index in [9.17, 15) is 0 Å². The van der Waals surface area contributed by atoms with Crippen molar-refractivity contribution < 1.29 is 0 Å². The maximum absolute atomic E-state index is 5.71. The summed E-state index contributed by atoms with van der Waals surface area (Å²) < 4.78 is 0. The van der Waals surface area contributed by atoms with Crippen LogP contribution in [0.4, 0.5) is 5.69 Å². The summed E-state index contributed by atoms with van der Waals surface area (Å²) in [6, 6.07) is 5.99. The average molecular weight is 215 g/mol. The fourth-order valence-electron chi connectivity index (χ4n) is 1.65. The third-order valence-corrected chi connectivity index (χ3v) is 3.32. The first-order chi connectivity index (χ1) is 7.34. The van der Waals surface area contributed by atoms with Crippen LogP contribution in [0.2, 0.25) is 0 Å². The summed E-state index contributed by atoms with van der Waals surface area (Å²) in [6.07, 6.45) is 3.76. The van der Waals surface area contributed by atoms with E-state index < -0.39 is 0 Å². The molecule has 0 saturated carbocycles. The van der Waals surface area contributed by atoms with E-state index in [1.54, 1.807) is 17.5 Å². The van der Waals surface area contributed by atoms with Crippen molar-refractivity contribution in [1.82, 2.24) is 9.97 Å². The monoisotopic (exact) mass is 215 g/mol. The maximum Gasteiger partial charge on any atom is 0.137 e. The van der Waals surface area contributed by atoms with Gasteiger partial charge in [-0.3, -0.25) is 0 Å². The van der Waals surface area contributed by atoms with Gasteiger partial charge in [0.1, 0.15) is 5.65 Å². The summed E-state index contributed by atoms with van der Waals surface area (Å²) in [5.74, 6) is 0. The zero-order valence-electron chi connectivity index (χ0n) is 7.90. The number of fused-ring (bicyclic) bond motifs is 1. The predicted octanol–water partition coefficient (Wildman–Crippen LogP) is 2.87. The van der Waals surface area contributed by atoms with Gasteiger partial charge in [0.25, 0.3) is 0 Å². The third-order valence-electron chi connectivity index (χ3n) is 2.34. The van der Waals surface area contributed by atoms with Gasteiger partial charge in [-0.05, 0) is 18.2 Å². The maximum atomic E-state index is 5.71. The van der Waals surface area contributed by atoms with Gasteiger partial charge in [0.05, 0.1) is 0 Å². The molecule has 0 aliphatic rings. The second-order valence-corrected chi connectivity index (χ2v) is 4.26. The van der Waals surface area contributed by atoms with Crippen molar-refractivity contribution in [3.8, 4) is 10.4 Å². The van der Waals surface area contributed by atoms with E-state index in [2.05, 4.69) is 16.0 Å². The highest BCUT2D eigenvalue weighted by Crippen LogP contribution is 2.33. The molecule has 0 atom stereocenters. The van der Waals surface area contributed by atoms with Gasteiger partial charge in [-0.15, -0.1) is 11.3 Å². The van der Waals surface area contributed by atoms with E-state index in [1.807, 2.05) is 23.7 Å². The van der Waals surface area contributed by atoms with Crippen LogP contribution in [0.15, 0.2) is 36.0 Å². The second-order valence-electron chi connectivity index (χ2n) is 3.35. The van der Waals surface area contributed by atoms with Crippen molar-refractivity contribution in [3.63, 3.8) is 0 Å². The van der Waals surface area contributed by atoms with Crippen LogP contribution in [0.5, 0.6) is 0 Å². The van der Waals surface area contributed by atoms with Gasteiger partial charge in [-0.2, -0.15) is 0 Å². The molecule has 0 aromatic carbocycles. The zero-order chi connectivity index (χ0) is 10.3. The van der Waals surface area contributed by atoms with E-state index in [-0.39, 0.29) is 0 Å². The Balaban J connectivity index is 2.27. The van der Waals surface area contributed by atoms with Crippen LogP contribution < -0.4 is 5.73 Å². The van der Waals surface area contributed by atoms with Crippen molar-refractivity contribution in [2.75, 3.05) is 5.73 Å². The fraction of sp³-hybridized carbons (Fsp3) is 0. The molecule has 15 heavy (non-hydrogen) atoms. The molecule has 3 aromatic heterocycles. The summed E-state index contributed by atoms with van der Waals surface area (Å²) in [7, 11) is 0. The first kappa shape index (κ1) is 8.49. The van der Waals surface area contributed by atoms with Crippen LogP contribution in [0, 0.1) is 0 Å². The number of aromatic amines is 1. The van der Waals surface area contributed by atoms with Gasteiger partial charge in [0.15, 0.2) is 0 Å². The minimum absolute atomic E-state index is 0.813. The molecule has 74 valence electrons. The number of nitrogens with zero attached hydrogens (tertiary/aromatic N) is 1. The molecule has 3 rings (SSSR count). The molecule has 4 heteroatoms. The molecule has 3 aromatic rings. The molecule has 3 heterocycles. The molecule has 0 unspecified atom stereocenters. The quantitative estimate of drug-likeness (QED) is 0.655. The largest absolute Gasteiger partial charge is 0.398 e. The number of hydrogen-bond donors (Lipinski definition) is 2. The number of nitrogens with one attached hydrogen (secondary N) is 1. The number of H-pyrrole nitrogens is 1. The Labute approximate surface area is 90.6 Å². The van der Waals surface area contributed by atoms with E-state index in [0.29, 0.717) is 0 Å². The van der Waals surface area contributed by atoms with Crippen molar-refractivity contribution in [1.29, 1.82) is 0 Å². The summed E-state index contributed by atoms with van der Waals surface area (Å²) >= 11 is 1.65. The van der Waals surface area contributed by atoms with Crippen molar-refractivity contribution in [2.45, 2.75) is 0 Å². The van der Waals surface area contributed by atoms with Crippen LogP contribution in [0.1, 0.15) is 0 Å². The number of nitrogen functional groups attached to an aromatic ring is 1. The van der Waals surface area contributed by atoms with Crippen molar-refractivity contribution in [3.05, 3.63) is 36.0 Å². The summed E-state index contributed by atoms with van der Waals surface area (Å²) in [5.41, 5.74) is 8.61. The predicted molar refractivity (Wildman–Crippen MR) is 63.8 cm³/mol. The molecule has 0 radical (unpaired) electrons. The van der Waals surface area contributed by atoms with E-state index in [1.165, 1.54) is 10.4 Å². The highest BCUT2D eigenvalue weighted by Gasteiger charge is 2.07. The lowest BCUT2D eigenvalue weighted by Gasteiger charge is -1.92. The fourth-order valence-corrected chi connectivity index (χ4v) is 2.48. The lowest BCUT2D eigenvalue weighted by atomic mass is 10.2. The Morgan fingerprint density at radius 2 is 2.33 bits per heavy atom. The van der Waals surface area contributed by atoms with Crippen molar-refractivity contribution >= 4 is 28.1 Å². The zero-order valence-corrected chi connectivity index (χ0v) is 8.71. The average Bonchev–Trinajstić information content (AvgIpc) is 2.83. The normalized spacial score (nSPS) is 10.9. The molecule has 0 aliphatic heterocycles. The second kappa shape index (κ2) is 3.10. The van der Waals surface area contributed by atoms with Gasteiger partial charge >= 0.3 is 0 Å². The number of thiophene rings is 1. The topological polar surface area (TPSA) is 54.7 Å². The summed E-state index contributed by atoms with van der Waals surface area (Å²) in [6.45, 7) is 0. The number of anilines is 1. The Kier molecular flexibility index (Phi) is 1.76. The molecular weight excluding hydrogens is 206 g/mol. The van der Waals surface area contributed by atoms with Gasteiger partial charge < -0.3 is 10.7 Å². The van der Waals surface area contributed by atoms with Gasteiger partial charge in [0, 0.05) is 39.3 Å². The third kappa shape index (κ3) is 1.30. The first-order valence-corrected chi connectivity index (χ1v) is 5.49. The highest BCUT2D eigenvalue weighted by atomic mass is 32.1. The molecule has 0 amide bonds. The smallest absolute Gasteiger partial charge is 0.137 e. The summed E-state index contributed by atoms with van der Waals surface area (Å²) in [5, 5.41) is 3.09. The Morgan fingerprint density at radius 1 is 1.40 bits per heavy atom. The van der Waals surface area contributed by atoms with E-state index >= 15 is 0 Å². The SMILES string of the molecule is Nc1csc(-c2c[nH]c3ncccc23)c1. The lowest BCUT2D eigenvalue weighted by molar-refractivity contribution is 1.33.